The maximum absolute atomic E-state index is 11.5. The second-order valence-electron chi connectivity index (χ2n) is 4.23. The minimum Gasteiger partial charge on any atom is -0.481 e. The highest BCUT2D eigenvalue weighted by Gasteiger charge is 2.50. The average molecular weight is 214 g/mol. The van der Waals surface area contributed by atoms with Gasteiger partial charge in [0.25, 0.3) is 0 Å². The van der Waals surface area contributed by atoms with Crippen molar-refractivity contribution in [2.24, 2.45) is 11.3 Å². The molecule has 0 aromatic rings. The van der Waals surface area contributed by atoms with Crippen molar-refractivity contribution in [2.45, 2.75) is 39.5 Å². The number of carbonyl (C=O) groups excluding carboxylic acids is 1. The molecule has 4 heteroatoms. The zero-order valence-electron chi connectivity index (χ0n) is 9.28. The van der Waals surface area contributed by atoms with E-state index in [1.807, 2.05) is 6.92 Å². The highest BCUT2D eigenvalue weighted by molar-refractivity contribution is 5.74. The molecule has 1 aliphatic carbocycles. The third-order valence-electron chi connectivity index (χ3n) is 3.29. The van der Waals surface area contributed by atoms with Crippen LogP contribution in [-0.2, 0) is 14.3 Å². The molecule has 1 atom stereocenters. The summed E-state index contributed by atoms with van der Waals surface area (Å²) in [6, 6.07) is 0. The SMILES string of the molecule is CCOC(=O)C(C)C1(CCC(=O)O)CC1. The highest BCUT2D eigenvalue weighted by Crippen LogP contribution is 2.55. The van der Waals surface area contributed by atoms with Crippen LogP contribution in [-0.4, -0.2) is 23.7 Å². The van der Waals surface area contributed by atoms with Crippen LogP contribution in [0, 0.1) is 11.3 Å². The normalized spacial score (nSPS) is 19.3. The number of hydrogen-bond acceptors (Lipinski definition) is 3. The van der Waals surface area contributed by atoms with Gasteiger partial charge in [0.05, 0.1) is 12.5 Å². The van der Waals surface area contributed by atoms with Crippen molar-refractivity contribution in [2.75, 3.05) is 6.61 Å². The summed E-state index contributed by atoms with van der Waals surface area (Å²) in [7, 11) is 0. The molecule has 15 heavy (non-hydrogen) atoms. The van der Waals surface area contributed by atoms with E-state index in [0.717, 1.165) is 12.8 Å². The topological polar surface area (TPSA) is 63.6 Å². The number of carboxylic acid groups (broad SMARTS) is 1. The van der Waals surface area contributed by atoms with Crippen LogP contribution in [0.2, 0.25) is 0 Å². The molecule has 0 spiro atoms. The Labute approximate surface area is 89.6 Å². The lowest BCUT2D eigenvalue weighted by molar-refractivity contribution is -0.150. The average Bonchev–Trinajstić information content (AvgIpc) is 2.95. The van der Waals surface area contributed by atoms with Crippen LogP contribution in [0.4, 0.5) is 0 Å². The summed E-state index contributed by atoms with van der Waals surface area (Å²) in [6.07, 6.45) is 2.62. The molecule has 0 bridgehead atoms. The summed E-state index contributed by atoms with van der Waals surface area (Å²) in [5.74, 6) is -1.16. The number of carbonyl (C=O) groups is 2. The molecule has 0 aromatic carbocycles. The Kier molecular flexibility index (Phi) is 3.72. The molecule has 1 rings (SSSR count). The fourth-order valence-electron chi connectivity index (χ4n) is 1.93. The van der Waals surface area contributed by atoms with E-state index >= 15 is 0 Å². The summed E-state index contributed by atoms with van der Waals surface area (Å²) in [4.78, 5) is 22.0. The Morgan fingerprint density at radius 3 is 2.47 bits per heavy atom. The molecular weight excluding hydrogens is 196 g/mol. The lowest BCUT2D eigenvalue weighted by Gasteiger charge is -2.20. The predicted molar refractivity (Wildman–Crippen MR) is 54.3 cm³/mol. The van der Waals surface area contributed by atoms with Crippen molar-refractivity contribution >= 4 is 11.9 Å². The van der Waals surface area contributed by atoms with Crippen molar-refractivity contribution in [3.05, 3.63) is 0 Å². The predicted octanol–water partition coefficient (Wildman–Crippen LogP) is 1.83. The first-order valence-electron chi connectivity index (χ1n) is 5.40. The maximum Gasteiger partial charge on any atom is 0.309 e. The number of rotatable bonds is 6. The van der Waals surface area contributed by atoms with Gasteiger partial charge >= 0.3 is 11.9 Å². The van der Waals surface area contributed by atoms with Crippen molar-refractivity contribution in [3.8, 4) is 0 Å². The summed E-state index contributed by atoms with van der Waals surface area (Å²) >= 11 is 0. The monoisotopic (exact) mass is 214 g/mol. The Bertz CT molecular complexity index is 255. The number of esters is 1. The molecule has 1 fully saturated rings. The molecule has 0 aromatic heterocycles. The van der Waals surface area contributed by atoms with E-state index in [9.17, 15) is 9.59 Å². The van der Waals surface area contributed by atoms with Crippen LogP contribution >= 0.6 is 0 Å². The first-order valence-corrected chi connectivity index (χ1v) is 5.40. The molecule has 0 aliphatic heterocycles. The quantitative estimate of drug-likeness (QED) is 0.685. The molecule has 1 aliphatic rings. The molecule has 0 saturated heterocycles. The molecule has 86 valence electrons. The number of aliphatic carboxylic acids is 1. The lowest BCUT2D eigenvalue weighted by Crippen LogP contribution is -2.25. The van der Waals surface area contributed by atoms with Crippen molar-refractivity contribution in [1.29, 1.82) is 0 Å². The van der Waals surface area contributed by atoms with E-state index in [2.05, 4.69) is 0 Å². The molecular formula is C11H18O4. The first kappa shape index (κ1) is 12.0. The van der Waals surface area contributed by atoms with Gasteiger partial charge in [0.2, 0.25) is 0 Å². The van der Waals surface area contributed by atoms with Gasteiger partial charge in [0.15, 0.2) is 0 Å². The van der Waals surface area contributed by atoms with E-state index in [0.29, 0.717) is 13.0 Å². The Balaban J connectivity index is 2.46. The third-order valence-corrected chi connectivity index (χ3v) is 3.29. The van der Waals surface area contributed by atoms with Gasteiger partial charge in [-0.3, -0.25) is 9.59 Å². The molecule has 1 unspecified atom stereocenters. The van der Waals surface area contributed by atoms with Gasteiger partial charge in [-0.15, -0.1) is 0 Å². The maximum atomic E-state index is 11.5. The van der Waals surface area contributed by atoms with Gasteiger partial charge < -0.3 is 9.84 Å². The third kappa shape index (κ3) is 2.94. The Morgan fingerprint density at radius 2 is 2.07 bits per heavy atom. The Hall–Kier alpha value is -1.06. The van der Waals surface area contributed by atoms with Gasteiger partial charge in [0.1, 0.15) is 0 Å². The van der Waals surface area contributed by atoms with Gasteiger partial charge in [0, 0.05) is 6.42 Å². The molecule has 0 radical (unpaired) electrons. The summed E-state index contributed by atoms with van der Waals surface area (Å²) in [5.41, 5.74) is -0.0926. The number of hydrogen-bond donors (Lipinski definition) is 1. The van der Waals surface area contributed by atoms with Gasteiger partial charge in [-0.1, -0.05) is 6.92 Å². The Morgan fingerprint density at radius 1 is 1.47 bits per heavy atom. The minimum absolute atomic E-state index is 0.0926. The molecule has 4 nitrogen and oxygen atoms in total. The van der Waals surface area contributed by atoms with E-state index in [-0.39, 0.29) is 23.7 Å². The van der Waals surface area contributed by atoms with Crippen molar-refractivity contribution < 1.29 is 19.4 Å². The number of ether oxygens (including phenoxy) is 1. The van der Waals surface area contributed by atoms with E-state index in [4.69, 9.17) is 9.84 Å². The van der Waals surface area contributed by atoms with E-state index in [1.54, 1.807) is 6.92 Å². The van der Waals surface area contributed by atoms with Gasteiger partial charge in [-0.05, 0) is 31.6 Å². The minimum atomic E-state index is -0.794. The second-order valence-corrected chi connectivity index (χ2v) is 4.23. The number of carboxylic acids is 1. The fourth-order valence-corrected chi connectivity index (χ4v) is 1.93. The zero-order valence-corrected chi connectivity index (χ0v) is 9.28. The van der Waals surface area contributed by atoms with E-state index < -0.39 is 5.97 Å². The van der Waals surface area contributed by atoms with Crippen LogP contribution in [0.15, 0.2) is 0 Å². The standard InChI is InChI=1S/C11H18O4/c1-3-15-10(14)8(2)11(6-7-11)5-4-9(12)13/h8H,3-7H2,1-2H3,(H,12,13). The van der Waals surface area contributed by atoms with Crippen LogP contribution in [0.5, 0.6) is 0 Å². The highest BCUT2D eigenvalue weighted by atomic mass is 16.5. The molecule has 0 amide bonds. The smallest absolute Gasteiger partial charge is 0.309 e. The van der Waals surface area contributed by atoms with Crippen LogP contribution < -0.4 is 0 Å². The van der Waals surface area contributed by atoms with Crippen molar-refractivity contribution in [1.82, 2.24) is 0 Å². The van der Waals surface area contributed by atoms with Crippen LogP contribution in [0.3, 0.4) is 0 Å². The van der Waals surface area contributed by atoms with Gasteiger partial charge in [-0.2, -0.15) is 0 Å². The zero-order chi connectivity index (χ0) is 11.5. The van der Waals surface area contributed by atoms with Crippen LogP contribution in [0.25, 0.3) is 0 Å². The molecule has 0 heterocycles. The van der Waals surface area contributed by atoms with Crippen LogP contribution in [0.1, 0.15) is 39.5 Å². The first-order chi connectivity index (χ1) is 7.02. The lowest BCUT2D eigenvalue weighted by atomic mass is 9.86. The largest absolute Gasteiger partial charge is 0.481 e. The molecule has 1 N–H and O–H groups in total. The summed E-state index contributed by atoms with van der Waals surface area (Å²) in [5, 5.41) is 8.61. The summed E-state index contributed by atoms with van der Waals surface area (Å²) < 4.78 is 4.95. The fraction of sp³-hybridized carbons (Fsp3) is 0.818. The van der Waals surface area contributed by atoms with Crippen molar-refractivity contribution in [3.63, 3.8) is 0 Å². The molecule has 1 saturated carbocycles. The second kappa shape index (κ2) is 4.64. The summed E-state index contributed by atoms with van der Waals surface area (Å²) in [6.45, 7) is 4.01. The van der Waals surface area contributed by atoms with E-state index in [1.165, 1.54) is 0 Å². The van der Waals surface area contributed by atoms with Gasteiger partial charge in [-0.25, -0.2) is 0 Å².